The van der Waals surface area contributed by atoms with Gasteiger partial charge in [-0.25, -0.2) is 14.6 Å². The minimum absolute atomic E-state index is 0.0578. The third-order valence-electron chi connectivity index (χ3n) is 6.57. The van der Waals surface area contributed by atoms with Gasteiger partial charge in [-0.05, 0) is 35.1 Å². The first-order valence-electron chi connectivity index (χ1n) is 11.6. The number of fused-ring (bicyclic) bond motifs is 3. The number of carboxylic acid groups (broad SMARTS) is 1. The number of carbonyl (C=O) groups excluding carboxylic acids is 2. The fraction of sp³-hybridized carbons (Fsp3) is 0.308. The van der Waals surface area contributed by atoms with Crippen molar-refractivity contribution >= 4 is 34.4 Å². The molecule has 5 rings (SSSR count). The maximum absolute atomic E-state index is 13.0. The molecule has 1 fully saturated rings. The van der Waals surface area contributed by atoms with Gasteiger partial charge in [0.1, 0.15) is 18.3 Å². The number of aromatic nitrogens is 1. The van der Waals surface area contributed by atoms with Crippen molar-refractivity contribution in [3.8, 4) is 11.1 Å². The molecule has 0 saturated carbocycles. The van der Waals surface area contributed by atoms with E-state index >= 15 is 0 Å². The van der Waals surface area contributed by atoms with Crippen LogP contribution in [0.15, 0.2) is 53.9 Å². The summed E-state index contributed by atoms with van der Waals surface area (Å²) in [4.78, 5) is 42.7. The van der Waals surface area contributed by atoms with E-state index in [1.807, 2.05) is 36.4 Å². The zero-order valence-electron chi connectivity index (χ0n) is 19.0. The second-order valence-electron chi connectivity index (χ2n) is 8.69. The average molecular weight is 492 g/mol. The van der Waals surface area contributed by atoms with Crippen LogP contribution in [-0.4, -0.2) is 52.2 Å². The van der Waals surface area contributed by atoms with Gasteiger partial charge in [-0.15, -0.1) is 11.3 Å². The van der Waals surface area contributed by atoms with Gasteiger partial charge in [-0.3, -0.25) is 10.1 Å². The molecule has 2 amide bonds. The number of benzene rings is 2. The lowest BCUT2D eigenvalue weighted by molar-refractivity contribution is -0.142. The Morgan fingerprint density at radius 3 is 2.40 bits per heavy atom. The van der Waals surface area contributed by atoms with E-state index in [0.717, 1.165) is 52.9 Å². The summed E-state index contributed by atoms with van der Waals surface area (Å²) in [6.45, 7) is 0.549. The van der Waals surface area contributed by atoms with E-state index in [0.29, 0.717) is 13.0 Å². The minimum Gasteiger partial charge on any atom is -0.480 e. The van der Waals surface area contributed by atoms with E-state index in [4.69, 9.17) is 4.74 Å². The quantitative estimate of drug-likeness (QED) is 0.521. The molecule has 2 heterocycles. The number of nitrogens with one attached hydrogen (secondary N) is 1. The topological polar surface area (TPSA) is 109 Å². The smallest absolute Gasteiger partial charge is 0.413 e. The van der Waals surface area contributed by atoms with Gasteiger partial charge >= 0.3 is 12.1 Å². The van der Waals surface area contributed by atoms with Crippen LogP contribution >= 0.6 is 11.3 Å². The molecule has 2 N–H and O–H groups in total. The zero-order valence-corrected chi connectivity index (χ0v) is 19.8. The highest BCUT2D eigenvalue weighted by Gasteiger charge is 2.33. The predicted molar refractivity (Wildman–Crippen MR) is 132 cm³/mol. The number of likely N-dealkylation sites (tertiary alicyclic amines) is 1. The van der Waals surface area contributed by atoms with Gasteiger partial charge in [0.2, 0.25) is 0 Å². The fourth-order valence-corrected chi connectivity index (χ4v) is 5.58. The molecule has 180 valence electrons. The second kappa shape index (κ2) is 9.87. The zero-order chi connectivity index (χ0) is 24.4. The number of amides is 2. The molecule has 1 aliphatic carbocycles. The number of anilines is 1. The van der Waals surface area contributed by atoms with E-state index in [9.17, 15) is 19.5 Å². The summed E-state index contributed by atoms with van der Waals surface area (Å²) in [6, 6.07) is 15.3. The first kappa shape index (κ1) is 23.0. The van der Waals surface area contributed by atoms with Gasteiger partial charge in [0.15, 0.2) is 5.13 Å². The maximum Gasteiger partial charge on any atom is 0.413 e. The Labute approximate surface area is 206 Å². The third-order valence-corrected chi connectivity index (χ3v) is 7.33. The standard InChI is InChI=1S/C26H25N3O5S/c30-23(29-13-7-1-2-12-22(29)24(31)32)21-15-35-25(27-21)28-26(33)34-14-20-18-10-5-3-8-16(18)17-9-4-6-11-19(17)20/h3-6,8-11,15,20,22H,1-2,7,12-14H2,(H,31,32)(H,27,28,33). The largest absolute Gasteiger partial charge is 0.480 e. The van der Waals surface area contributed by atoms with E-state index in [-0.39, 0.29) is 23.4 Å². The lowest BCUT2D eigenvalue weighted by atomic mass is 9.98. The van der Waals surface area contributed by atoms with Gasteiger partial charge in [-0.1, -0.05) is 61.4 Å². The summed E-state index contributed by atoms with van der Waals surface area (Å²) in [5, 5.41) is 13.9. The molecule has 1 atom stereocenters. The lowest BCUT2D eigenvalue weighted by Gasteiger charge is -2.26. The number of ether oxygens (including phenoxy) is 1. The number of hydrogen-bond acceptors (Lipinski definition) is 6. The van der Waals surface area contributed by atoms with Crippen LogP contribution in [0.25, 0.3) is 11.1 Å². The van der Waals surface area contributed by atoms with Crippen molar-refractivity contribution in [2.45, 2.75) is 37.6 Å². The number of carboxylic acids is 1. The molecule has 3 aromatic rings. The molecule has 8 nitrogen and oxygen atoms in total. The molecule has 0 radical (unpaired) electrons. The van der Waals surface area contributed by atoms with Crippen LogP contribution in [0, 0.1) is 0 Å². The second-order valence-corrected chi connectivity index (χ2v) is 9.55. The first-order valence-corrected chi connectivity index (χ1v) is 12.5. The SMILES string of the molecule is O=C(Nc1nc(C(=O)N2CCCCCC2C(=O)O)cs1)OCC1c2ccccc2-c2ccccc21. The first-order chi connectivity index (χ1) is 17.0. The van der Waals surface area contributed by atoms with Crippen molar-refractivity contribution in [3.63, 3.8) is 0 Å². The van der Waals surface area contributed by atoms with Crippen molar-refractivity contribution < 1.29 is 24.2 Å². The van der Waals surface area contributed by atoms with E-state index in [1.165, 1.54) is 10.3 Å². The molecule has 1 unspecified atom stereocenters. The van der Waals surface area contributed by atoms with Gasteiger partial charge in [0.05, 0.1) is 0 Å². The number of thiazole rings is 1. The molecule has 1 saturated heterocycles. The van der Waals surface area contributed by atoms with Crippen LogP contribution in [-0.2, 0) is 9.53 Å². The van der Waals surface area contributed by atoms with Crippen LogP contribution in [0.2, 0.25) is 0 Å². The summed E-state index contributed by atoms with van der Waals surface area (Å²) >= 11 is 1.10. The molecule has 1 aliphatic heterocycles. The Balaban J connectivity index is 1.23. The van der Waals surface area contributed by atoms with Crippen LogP contribution in [0.1, 0.15) is 53.2 Å². The molecule has 1 aromatic heterocycles. The van der Waals surface area contributed by atoms with Crippen LogP contribution in [0.4, 0.5) is 9.93 Å². The number of aliphatic carboxylic acids is 1. The van der Waals surface area contributed by atoms with E-state index in [2.05, 4.69) is 22.4 Å². The minimum atomic E-state index is -1.01. The summed E-state index contributed by atoms with van der Waals surface area (Å²) in [5.74, 6) is -1.50. The lowest BCUT2D eigenvalue weighted by Crippen LogP contribution is -2.44. The number of nitrogens with zero attached hydrogens (tertiary/aromatic N) is 2. The molecular formula is C26H25N3O5S. The van der Waals surface area contributed by atoms with Crippen molar-refractivity contribution in [2.24, 2.45) is 0 Å². The molecule has 9 heteroatoms. The molecule has 0 spiro atoms. The molecular weight excluding hydrogens is 466 g/mol. The summed E-state index contributed by atoms with van der Waals surface area (Å²) in [5.41, 5.74) is 4.65. The Kier molecular flexibility index (Phi) is 6.50. The molecule has 0 bridgehead atoms. The van der Waals surface area contributed by atoms with E-state index < -0.39 is 24.0 Å². The van der Waals surface area contributed by atoms with Crippen LogP contribution < -0.4 is 5.32 Å². The monoisotopic (exact) mass is 491 g/mol. The van der Waals surface area contributed by atoms with Crippen molar-refractivity contribution in [3.05, 3.63) is 70.7 Å². The predicted octanol–water partition coefficient (Wildman–Crippen LogP) is 4.97. The Bertz CT molecular complexity index is 1230. The van der Waals surface area contributed by atoms with Gasteiger partial charge < -0.3 is 14.7 Å². The summed E-state index contributed by atoms with van der Waals surface area (Å²) < 4.78 is 5.54. The third kappa shape index (κ3) is 4.64. The van der Waals surface area contributed by atoms with Crippen LogP contribution in [0.5, 0.6) is 0 Å². The maximum atomic E-state index is 13.0. The average Bonchev–Trinajstić information content (AvgIpc) is 3.35. The highest BCUT2D eigenvalue weighted by Crippen LogP contribution is 2.44. The summed E-state index contributed by atoms with van der Waals surface area (Å²) in [7, 11) is 0. The highest BCUT2D eigenvalue weighted by molar-refractivity contribution is 7.14. The Morgan fingerprint density at radius 2 is 1.71 bits per heavy atom. The van der Waals surface area contributed by atoms with Gasteiger partial charge in [-0.2, -0.15) is 0 Å². The number of rotatable bonds is 5. The van der Waals surface area contributed by atoms with Crippen molar-refractivity contribution in [1.82, 2.24) is 9.88 Å². The van der Waals surface area contributed by atoms with Gasteiger partial charge in [0, 0.05) is 17.8 Å². The number of hydrogen-bond donors (Lipinski definition) is 2. The Morgan fingerprint density at radius 1 is 1.03 bits per heavy atom. The van der Waals surface area contributed by atoms with Gasteiger partial charge in [0.25, 0.3) is 5.91 Å². The molecule has 35 heavy (non-hydrogen) atoms. The Hall–Kier alpha value is -3.72. The highest BCUT2D eigenvalue weighted by atomic mass is 32.1. The van der Waals surface area contributed by atoms with E-state index in [1.54, 1.807) is 0 Å². The molecule has 2 aliphatic rings. The number of carbonyl (C=O) groups is 3. The van der Waals surface area contributed by atoms with Crippen molar-refractivity contribution in [1.29, 1.82) is 0 Å². The van der Waals surface area contributed by atoms with Crippen LogP contribution in [0.3, 0.4) is 0 Å². The van der Waals surface area contributed by atoms with Crippen molar-refractivity contribution in [2.75, 3.05) is 18.5 Å². The fourth-order valence-electron chi connectivity index (χ4n) is 4.91. The normalized spacial score (nSPS) is 17.3. The summed E-state index contributed by atoms with van der Waals surface area (Å²) in [6.07, 6.45) is 2.19. The molecule has 2 aromatic carbocycles.